The van der Waals surface area contributed by atoms with Crippen LogP contribution in [0.2, 0.25) is 0 Å². The predicted octanol–water partition coefficient (Wildman–Crippen LogP) is 3.79. The summed E-state index contributed by atoms with van der Waals surface area (Å²) in [6, 6.07) is 16.6. The maximum atomic E-state index is 6.05. The van der Waals surface area contributed by atoms with Crippen molar-refractivity contribution in [2.24, 2.45) is 22.6 Å². The van der Waals surface area contributed by atoms with Gasteiger partial charge in [0.2, 0.25) is 0 Å². The van der Waals surface area contributed by atoms with Crippen LogP contribution in [0.15, 0.2) is 53.5 Å². The van der Waals surface area contributed by atoms with Gasteiger partial charge in [0.25, 0.3) is 0 Å². The molecule has 1 saturated carbocycles. The summed E-state index contributed by atoms with van der Waals surface area (Å²) in [6.07, 6.45) is 1.37. The van der Waals surface area contributed by atoms with Crippen LogP contribution in [0.25, 0.3) is 0 Å². The molecule has 4 nitrogen and oxygen atoms in total. The van der Waals surface area contributed by atoms with Crippen molar-refractivity contribution in [2.75, 3.05) is 11.9 Å². The van der Waals surface area contributed by atoms with Gasteiger partial charge in [0, 0.05) is 12.2 Å². The minimum Gasteiger partial charge on any atom is -0.491 e. The van der Waals surface area contributed by atoms with Gasteiger partial charge in [0.15, 0.2) is 5.96 Å². The van der Waals surface area contributed by atoms with E-state index in [9.17, 15) is 0 Å². The van der Waals surface area contributed by atoms with Gasteiger partial charge >= 0.3 is 0 Å². The van der Waals surface area contributed by atoms with Crippen LogP contribution in [0.3, 0.4) is 0 Å². The summed E-state index contributed by atoms with van der Waals surface area (Å²) in [5.74, 6) is 3.45. The van der Waals surface area contributed by atoms with Crippen molar-refractivity contribution in [3.63, 3.8) is 0 Å². The van der Waals surface area contributed by atoms with Gasteiger partial charge in [0.05, 0.1) is 6.10 Å². The van der Waals surface area contributed by atoms with Gasteiger partial charge in [-0.3, -0.25) is 4.99 Å². The number of hydrogen-bond acceptors (Lipinski definition) is 2. The predicted molar refractivity (Wildman–Crippen MR) is 102 cm³/mol. The quantitative estimate of drug-likeness (QED) is 0.646. The average Bonchev–Trinajstić information content (AvgIpc) is 3.13. The minimum absolute atomic E-state index is 0.175. The van der Waals surface area contributed by atoms with Crippen LogP contribution < -0.4 is 15.8 Å². The lowest BCUT2D eigenvalue weighted by atomic mass is 10.0. The summed E-state index contributed by atoms with van der Waals surface area (Å²) in [5.41, 5.74) is 10.0. The number of hydrogen-bond donors (Lipinski definition) is 2. The monoisotopic (exact) mass is 335 g/mol. The molecule has 3 atom stereocenters. The molecule has 0 saturated heterocycles. The number of guanidine groups is 1. The molecule has 0 aromatic heterocycles. The van der Waals surface area contributed by atoms with Crippen LogP contribution in [0.4, 0.5) is 5.69 Å². The largest absolute Gasteiger partial charge is 0.491 e. The van der Waals surface area contributed by atoms with E-state index in [1.54, 1.807) is 0 Å². The molecular weight excluding hydrogens is 310 g/mol. The first-order valence-corrected chi connectivity index (χ1v) is 9.03. The van der Waals surface area contributed by atoms with Crippen molar-refractivity contribution in [2.45, 2.75) is 32.3 Å². The van der Waals surface area contributed by atoms with Crippen molar-refractivity contribution >= 4 is 11.6 Å². The fourth-order valence-electron chi connectivity index (χ4n) is 4.01. The number of aliphatic imine (C=N–C) groups is 1. The highest BCUT2D eigenvalue weighted by atomic mass is 16.5. The summed E-state index contributed by atoms with van der Waals surface area (Å²) in [6.45, 7) is 4.84. The van der Waals surface area contributed by atoms with Crippen LogP contribution >= 0.6 is 0 Å². The van der Waals surface area contributed by atoms with Gasteiger partial charge in [-0.05, 0) is 73.4 Å². The number of rotatable bonds is 5. The van der Waals surface area contributed by atoms with E-state index in [0.717, 1.165) is 23.9 Å². The molecule has 25 heavy (non-hydrogen) atoms. The number of fused-ring (bicyclic) bond motifs is 3. The smallest absolute Gasteiger partial charge is 0.193 e. The number of anilines is 1. The van der Waals surface area contributed by atoms with Gasteiger partial charge < -0.3 is 15.8 Å². The van der Waals surface area contributed by atoms with Gasteiger partial charge in [-0.15, -0.1) is 0 Å². The Hall–Kier alpha value is -2.49. The third kappa shape index (κ3) is 3.34. The molecular formula is C21H25N3O. The maximum Gasteiger partial charge on any atom is 0.193 e. The van der Waals surface area contributed by atoms with E-state index in [4.69, 9.17) is 10.5 Å². The van der Waals surface area contributed by atoms with Crippen LogP contribution in [0.5, 0.6) is 5.75 Å². The Morgan fingerprint density at radius 3 is 2.72 bits per heavy atom. The SMILES string of the molecule is CC(C)Oc1ccc(NC(N)=NCC2C3Cc4ccccc4C23)cc1. The first-order chi connectivity index (χ1) is 12.1. The number of nitrogens with two attached hydrogens (primary N) is 1. The fourth-order valence-corrected chi connectivity index (χ4v) is 4.01. The summed E-state index contributed by atoms with van der Waals surface area (Å²) in [7, 11) is 0. The zero-order chi connectivity index (χ0) is 17.4. The summed E-state index contributed by atoms with van der Waals surface area (Å²) in [5, 5.41) is 3.16. The zero-order valence-corrected chi connectivity index (χ0v) is 14.8. The topological polar surface area (TPSA) is 59.6 Å². The van der Waals surface area contributed by atoms with Gasteiger partial charge in [-0.2, -0.15) is 0 Å². The summed E-state index contributed by atoms with van der Waals surface area (Å²) in [4.78, 5) is 4.56. The molecule has 1 fully saturated rings. The lowest BCUT2D eigenvalue weighted by Crippen LogP contribution is -2.23. The van der Waals surface area contributed by atoms with E-state index < -0.39 is 0 Å². The molecule has 0 radical (unpaired) electrons. The Bertz CT molecular complexity index is 782. The van der Waals surface area contributed by atoms with Crippen molar-refractivity contribution in [3.8, 4) is 5.75 Å². The molecule has 3 unspecified atom stereocenters. The van der Waals surface area contributed by atoms with E-state index in [0.29, 0.717) is 17.8 Å². The molecule has 4 rings (SSSR count). The van der Waals surface area contributed by atoms with Crippen molar-refractivity contribution < 1.29 is 4.74 Å². The van der Waals surface area contributed by atoms with E-state index >= 15 is 0 Å². The highest BCUT2D eigenvalue weighted by molar-refractivity contribution is 5.92. The molecule has 2 aliphatic carbocycles. The van der Waals surface area contributed by atoms with Crippen LogP contribution in [-0.2, 0) is 6.42 Å². The van der Waals surface area contributed by atoms with Crippen molar-refractivity contribution in [1.29, 1.82) is 0 Å². The molecule has 2 aliphatic rings. The normalized spacial score (nSPS) is 24.0. The van der Waals surface area contributed by atoms with Crippen LogP contribution in [0, 0.1) is 11.8 Å². The Morgan fingerprint density at radius 2 is 1.96 bits per heavy atom. The highest BCUT2D eigenvalue weighted by Gasteiger charge is 2.54. The third-order valence-electron chi connectivity index (χ3n) is 5.17. The minimum atomic E-state index is 0.175. The number of benzene rings is 2. The molecule has 0 amide bonds. The Kier molecular flexibility index (Phi) is 4.12. The second-order valence-corrected chi connectivity index (χ2v) is 7.30. The second kappa shape index (κ2) is 6.43. The first-order valence-electron chi connectivity index (χ1n) is 9.03. The molecule has 3 N–H and O–H groups in total. The number of nitrogens with one attached hydrogen (secondary N) is 1. The van der Waals surface area contributed by atoms with Crippen molar-refractivity contribution in [1.82, 2.24) is 0 Å². The standard InChI is InChI=1S/C21H25N3O/c1-13(2)25-16-9-7-15(8-10-16)24-21(22)23-12-19-18-11-14-5-3-4-6-17(14)20(18)19/h3-10,13,18-20H,11-12H2,1-2H3,(H3,22,23,24). The lowest BCUT2D eigenvalue weighted by Gasteiger charge is -2.11. The van der Waals surface area contributed by atoms with E-state index in [1.165, 1.54) is 17.5 Å². The maximum absolute atomic E-state index is 6.05. The molecule has 0 heterocycles. The Balaban J connectivity index is 1.32. The summed E-state index contributed by atoms with van der Waals surface area (Å²) >= 11 is 0. The van der Waals surface area contributed by atoms with Crippen molar-refractivity contribution in [3.05, 3.63) is 59.7 Å². The second-order valence-electron chi connectivity index (χ2n) is 7.30. The number of ether oxygens (including phenoxy) is 1. The van der Waals surface area contributed by atoms with E-state index in [2.05, 4.69) is 34.6 Å². The average molecular weight is 335 g/mol. The van der Waals surface area contributed by atoms with Gasteiger partial charge in [-0.25, -0.2) is 0 Å². The third-order valence-corrected chi connectivity index (χ3v) is 5.17. The molecule has 0 spiro atoms. The zero-order valence-electron chi connectivity index (χ0n) is 14.8. The Morgan fingerprint density at radius 1 is 1.20 bits per heavy atom. The van der Waals surface area contributed by atoms with Crippen LogP contribution in [-0.4, -0.2) is 18.6 Å². The lowest BCUT2D eigenvalue weighted by molar-refractivity contribution is 0.242. The molecule has 130 valence electrons. The molecule has 4 heteroatoms. The molecule has 0 bridgehead atoms. The van der Waals surface area contributed by atoms with Crippen LogP contribution in [0.1, 0.15) is 30.9 Å². The first kappa shape index (κ1) is 16.0. The molecule has 0 aliphatic heterocycles. The molecule has 2 aromatic carbocycles. The molecule has 2 aromatic rings. The fraction of sp³-hybridized carbons (Fsp3) is 0.381. The van der Waals surface area contributed by atoms with Gasteiger partial charge in [0.1, 0.15) is 5.75 Å². The van der Waals surface area contributed by atoms with E-state index in [1.807, 2.05) is 38.1 Å². The highest BCUT2D eigenvalue weighted by Crippen LogP contribution is 2.61. The number of nitrogens with zero attached hydrogens (tertiary/aromatic N) is 1. The van der Waals surface area contributed by atoms with Gasteiger partial charge in [-0.1, -0.05) is 24.3 Å². The summed E-state index contributed by atoms with van der Waals surface area (Å²) < 4.78 is 5.64. The van der Waals surface area contributed by atoms with E-state index in [-0.39, 0.29) is 6.10 Å². The Labute approximate surface area is 149 Å².